The van der Waals surface area contributed by atoms with Crippen LogP contribution in [0, 0.1) is 6.92 Å². The summed E-state index contributed by atoms with van der Waals surface area (Å²) in [5.74, 6) is 1.52. The molecule has 0 unspecified atom stereocenters. The van der Waals surface area contributed by atoms with Crippen molar-refractivity contribution in [1.82, 2.24) is 9.97 Å². The lowest BCUT2D eigenvalue weighted by Crippen LogP contribution is -2.15. The van der Waals surface area contributed by atoms with E-state index in [1.165, 1.54) is 12.4 Å². The highest BCUT2D eigenvalue weighted by Crippen LogP contribution is 2.34. The summed E-state index contributed by atoms with van der Waals surface area (Å²) in [6, 6.07) is 10.8. The molecule has 1 aromatic heterocycles. The fourth-order valence-corrected chi connectivity index (χ4v) is 2.74. The van der Waals surface area contributed by atoms with Gasteiger partial charge in [0.15, 0.2) is 11.5 Å². The van der Waals surface area contributed by atoms with E-state index in [1.807, 2.05) is 25.1 Å². The minimum absolute atomic E-state index is 0.200. The van der Waals surface area contributed by atoms with Gasteiger partial charge in [-0.2, -0.15) is 0 Å². The van der Waals surface area contributed by atoms with Gasteiger partial charge in [-0.15, -0.1) is 0 Å². The van der Waals surface area contributed by atoms with Crippen LogP contribution >= 0.6 is 11.6 Å². The first kappa shape index (κ1) is 17.1. The Labute approximate surface area is 160 Å². The zero-order valence-electron chi connectivity index (χ0n) is 14.3. The molecule has 0 saturated carbocycles. The Morgan fingerprint density at radius 3 is 2.78 bits per heavy atom. The zero-order valence-corrected chi connectivity index (χ0v) is 15.1. The van der Waals surface area contributed by atoms with Gasteiger partial charge in [-0.3, -0.25) is 4.79 Å². The first-order valence-corrected chi connectivity index (χ1v) is 8.53. The third kappa shape index (κ3) is 3.63. The third-order valence-corrected chi connectivity index (χ3v) is 4.45. The van der Waals surface area contributed by atoms with Crippen molar-refractivity contribution in [3.05, 3.63) is 65.1 Å². The number of ether oxygens (including phenoxy) is 2. The van der Waals surface area contributed by atoms with Gasteiger partial charge in [0.25, 0.3) is 5.91 Å². The van der Waals surface area contributed by atoms with Crippen LogP contribution in [0.25, 0.3) is 0 Å². The van der Waals surface area contributed by atoms with Gasteiger partial charge in [-0.25, -0.2) is 9.97 Å². The number of nitrogens with one attached hydrogen (secondary N) is 2. The van der Waals surface area contributed by atoms with Crippen LogP contribution in [0.5, 0.6) is 11.5 Å². The minimum Gasteiger partial charge on any atom is -0.454 e. The number of aromatic nitrogens is 2. The third-order valence-electron chi connectivity index (χ3n) is 4.05. The van der Waals surface area contributed by atoms with Gasteiger partial charge in [0.05, 0.1) is 12.4 Å². The number of rotatable bonds is 4. The smallest absolute Gasteiger partial charge is 0.275 e. The predicted molar refractivity (Wildman–Crippen MR) is 102 cm³/mol. The highest BCUT2D eigenvalue weighted by Gasteiger charge is 2.14. The molecule has 0 aliphatic carbocycles. The largest absolute Gasteiger partial charge is 0.454 e. The van der Waals surface area contributed by atoms with Gasteiger partial charge < -0.3 is 20.1 Å². The summed E-state index contributed by atoms with van der Waals surface area (Å²) in [6.07, 6.45) is 2.90. The number of anilines is 3. The van der Waals surface area contributed by atoms with Crippen LogP contribution in [-0.4, -0.2) is 22.7 Å². The second-order valence-corrected chi connectivity index (χ2v) is 6.25. The average molecular weight is 383 g/mol. The van der Waals surface area contributed by atoms with Crippen molar-refractivity contribution in [2.75, 3.05) is 17.4 Å². The number of halogens is 1. The fourth-order valence-electron chi connectivity index (χ4n) is 2.56. The van der Waals surface area contributed by atoms with E-state index in [1.54, 1.807) is 18.2 Å². The second kappa shape index (κ2) is 7.13. The molecule has 0 spiro atoms. The van der Waals surface area contributed by atoms with Gasteiger partial charge >= 0.3 is 0 Å². The first-order valence-electron chi connectivity index (χ1n) is 8.15. The summed E-state index contributed by atoms with van der Waals surface area (Å²) in [5, 5.41) is 6.48. The predicted octanol–water partition coefficient (Wildman–Crippen LogP) is 4.16. The monoisotopic (exact) mass is 382 g/mol. The summed E-state index contributed by atoms with van der Waals surface area (Å²) in [7, 11) is 0. The molecule has 0 fully saturated rings. The molecule has 1 amide bonds. The maximum atomic E-state index is 12.4. The number of amides is 1. The quantitative estimate of drug-likeness (QED) is 0.704. The summed E-state index contributed by atoms with van der Waals surface area (Å²) in [4.78, 5) is 20.8. The molecular weight excluding hydrogens is 368 g/mol. The number of carbonyl (C=O) groups excluding carboxylic acids is 1. The maximum Gasteiger partial charge on any atom is 0.275 e. The summed E-state index contributed by atoms with van der Waals surface area (Å²) in [6.45, 7) is 2.05. The number of nitrogens with zero attached hydrogens (tertiary/aromatic N) is 2. The van der Waals surface area contributed by atoms with Crippen molar-refractivity contribution in [3.8, 4) is 11.5 Å². The van der Waals surface area contributed by atoms with E-state index in [0.29, 0.717) is 28.0 Å². The number of hydrogen-bond acceptors (Lipinski definition) is 6. The van der Waals surface area contributed by atoms with Crippen LogP contribution in [0.2, 0.25) is 5.02 Å². The average Bonchev–Trinajstić information content (AvgIpc) is 3.14. The zero-order chi connectivity index (χ0) is 18.8. The molecule has 2 aromatic carbocycles. The molecule has 0 saturated heterocycles. The van der Waals surface area contributed by atoms with Gasteiger partial charge in [0, 0.05) is 22.5 Å². The van der Waals surface area contributed by atoms with Gasteiger partial charge in [-0.1, -0.05) is 17.7 Å². The van der Waals surface area contributed by atoms with E-state index in [-0.39, 0.29) is 18.4 Å². The lowest BCUT2D eigenvalue weighted by Gasteiger charge is -2.10. The van der Waals surface area contributed by atoms with Gasteiger partial charge in [-0.05, 0) is 36.8 Å². The molecule has 2 N–H and O–H groups in total. The Bertz CT molecular complexity index is 1010. The highest BCUT2D eigenvalue weighted by molar-refractivity contribution is 6.31. The lowest BCUT2D eigenvalue weighted by atomic mass is 10.2. The fraction of sp³-hybridized carbons (Fsp3) is 0.105. The standard InChI is InChI=1S/C19H15ClN4O3/c1-11-13(20)3-2-4-14(11)24-19(25)15-8-22-18(9-21-15)23-12-5-6-16-17(7-12)27-10-26-16/h2-9H,10H2,1H3,(H,22,23)(H,24,25). The van der Waals surface area contributed by atoms with Crippen LogP contribution in [0.4, 0.5) is 17.2 Å². The summed E-state index contributed by atoms with van der Waals surface area (Å²) < 4.78 is 10.6. The van der Waals surface area contributed by atoms with Crippen LogP contribution in [-0.2, 0) is 0 Å². The highest BCUT2D eigenvalue weighted by atomic mass is 35.5. The maximum absolute atomic E-state index is 12.4. The van der Waals surface area contributed by atoms with Crippen LogP contribution in [0.1, 0.15) is 16.1 Å². The Morgan fingerprint density at radius 1 is 1.11 bits per heavy atom. The first-order chi connectivity index (χ1) is 13.1. The van der Waals surface area contributed by atoms with E-state index in [4.69, 9.17) is 21.1 Å². The Hall–Kier alpha value is -3.32. The number of carbonyl (C=O) groups is 1. The van der Waals surface area contributed by atoms with Gasteiger partial charge in [0.2, 0.25) is 6.79 Å². The molecular formula is C19H15ClN4O3. The molecule has 7 nitrogen and oxygen atoms in total. The van der Waals surface area contributed by atoms with E-state index in [0.717, 1.165) is 11.3 Å². The van der Waals surface area contributed by atoms with Crippen molar-refractivity contribution in [1.29, 1.82) is 0 Å². The Morgan fingerprint density at radius 2 is 1.96 bits per heavy atom. The van der Waals surface area contributed by atoms with E-state index >= 15 is 0 Å². The molecule has 1 aliphatic heterocycles. The van der Waals surface area contributed by atoms with Crippen molar-refractivity contribution < 1.29 is 14.3 Å². The number of fused-ring (bicyclic) bond motifs is 1. The Balaban J connectivity index is 1.45. The Kier molecular flexibility index (Phi) is 4.52. The molecule has 4 rings (SSSR count). The molecule has 0 atom stereocenters. The second-order valence-electron chi connectivity index (χ2n) is 5.85. The number of hydrogen-bond donors (Lipinski definition) is 2. The summed E-state index contributed by atoms with van der Waals surface area (Å²) >= 11 is 6.07. The van der Waals surface area contributed by atoms with E-state index < -0.39 is 0 Å². The molecule has 27 heavy (non-hydrogen) atoms. The van der Waals surface area contributed by atoms with Crippen LogP contribution < -0.4 is 20.1 Å². The SMILES string of the molecule is Cc1c(Cl)cccc1NC(=O)c1cnc(Nc2ccc3c(c2)OCO3)cn1. The molecule has 0 bridgehead atoms. The lowest BCUT2D eigenvalue weighted by molar-refractivity contribution is 0.102. The molecule has 2 heterocycles. The normalized spacial score (nSPS) is 11.9. The molecule has 0 radical (unpaired) electrons. The number of benzene rings is 2. The van der Waals surface area contributed by atoms with Crippen molar-refractivity contribution >= 4 is 34.7 Å². The van der Waals surface area contributed by atoms with Crippen molar-refractivity contribution in [2.24, 2.45) is 0 Å². The molecule has 3 aromatic rings. The van der Waals surface area contributed by atoms with Crippen molar-refractivity contribution in [3.63, 3.8) is 0 Å². The molecule has 8 heteroatoms. The molecule has 1 aliphatic rings. The van der Waals surface area contributed by atoms with Gasteiger partial charge in [0.1, 0.15) is 11.5 Å². The van der Waals surface area contributed by atoms with E-state index in [2.05, 4.69) is 20.6 Å². The van der Waals surface area contributed by atoms with Crippen LogP contribution in [0.15, 0.2) is 48.8 Å². The van der Waals surface area contributed by atoms with Crippen molar-refractivity contribution in [2.45, 2.75) is 6.92 Å². The minimum atomic E-state index is -0.359. The van der Waals surface area contributed by atoms with E-state index in [9.17, 15) is 4.79 Å². The molecule has 136 valence electrons. The topological polar surface area (TPSA) is 85.4 Å². The summed E-state index contributed by atoms with van der Waals surface area (Å²) in [5.41, 5.74) is 2.41. The van der Waals surface area contributed by atoms with Crippen LogP contribution in [0.3, 0.4) is 0 Å².